The number of benzene rings is 1. The van der Waals surface area contributed by atoms with Crippen molar-refractivity contribution >= 4 is 22.4 Å². The first-order valence-corrected chi connectivity index (χ1v) is 8.75. The van der Waals surface area contributed by atoms with Gasteiger partial charge in [0.1, 0.15) is 10.6 Å². The van der Waals surface area contributed by atoms with Crippen LogP contribution in [0.5, 0.6) is 5.75 Å². The Balaban J connectivity index is 0.00000242. The third-order valence-corrected chi connectivity index (χ3v) is 5.64. The van der Waals surface area contributed by atoms with Crippen molar-refractivity contribution in [3.8, 4) is 5.75 Å². The van der Waals surface area contributed by atoms with E-state index in [1.807, 2.05) is 19.9 Å². The van der Waals surface area contributed by atoms with Gasteiger partial charge in [-0.25, -0.2) is 13.1 Å². The summed E-state index contributed by atoms with van der Waals surface area (Å²) < 4.78 is 33.5. The fourth-order valence-corrected chi connectivity index (χ4v) is 4.78. The van der Waals surface area contributed by atoms with E-state index in [0.29, 0.717) is 12.3 Å². The van der Waals surface area contributed by atoms with Gasteiger partial charge >= 0.3 is 0 Å². The van der Waals surface area contributed by atoms with Gasteiger partial charge in [-0.3, -0.25) is 0 Å². The van der Waals surface area contributed by atoms with E-state index in [4.69, 9.17) is 10.5 Å². The Labute approximate surface area is 139 Å². The number of rotatable bonds is 5. The highest BCUT2D eigenvalue weighted by Gasteiger charge is 2.32. The lowest BCUT2D eigenvalue weighted by Crippen LogP contribution is -2.40. The molecule has 0 spiro atoms. The van der Waals surface area contributed by atoms with Gasteiger partial charge in [-0.05, 0) is 56.3 Å². The Morgan fingerprint density at radius 3 is 2.59 bits per heavy atom. The minimum atomic E-state index is -3.61. The van der Waals surface area contributed by atoms with Crippen molar-refractivity contribution < 1.29 is 13.2 Å². The summed E-state index contributed by atoms with van der Waals surface area (Å²) in [6.45, 7) is 4.24. The molecule has 1 saturated carbocycles. The van der Waals surface area contributed by atoms with Crippen LogP contribution in [0, 0.1) is 19.8 Å². The van der Waals surface area contributed by atoms with E-state index in [0.717, 1.165) is 30.4 Å². The Morgan fingerprint density at radius 1 is 1.32 bits per heavy atom. The molecule has 22 heavy (non-hydrogen) atoms. The summed E-state index contributed by atoms with van der Waals surface area (Å²) in [4.78, 5) is 0.213. The molecule has 0 bridgehead atoms. The van der Waals surface area contributed by atoms with Gasteiger partial charge in [-0.2, -0.15) is 0 Å². The van der Waals surface area contributed by atoms with Gasteiger partial charge in [-0.15, -0.1) is 12.4 Å². The van der Waals surface area contributed by atoms with E-state index < -0.39 is 10.0 Å². The normalized spacial score (nSPS) is 21.5. The number of ether oxygens (including phenoxy) is 1. The van der Waals surface area contributed by atoms with Crippen molar-refractivity contribution in [2.75, 3.05) is 13.7 Å². The lowest BCUT2D eigenvalue weighted by atomic mass is 10.1. The molecule has 1 aliphatic carbocycles. The molecule has 1 fully saturated rings. The Kier molecular flexibility index (Phi) is 6.67. The van der Waals surface area contributed by atoms with Crippen molar-refractivity contribution in [1.29, 1.82) is 0 Å². The lowest BCUT2D eigenvalue weighted by molar-refractivity contribution is 0.397. The third-order valence-electron chi connectivity index (χ3n) is 4.15. The zero-order valence-electron chi connectivity index (χ0n) is 13.3. The van der Waals surface area contributed by atoms with Crippen molar-refractivity contribution in [1.82, 2.24) is 4.72 Å². The molecule has 126 valence electrons. The summed E-state index contributed by atoms with van der Waals surface area (Å²) in [6.07, 6.45) is 2.83. The van der Waals surface area contributed by atoms with E-state index >= 15 is 0 Å². The average Bonchev–Trinajstić information content (AvgIpc) is 2.84. The van der Waals surface area contributed by atoms with Crippen LogP contribution >= 0.6 is 12.4 Å². The second kappa shape index (κ2) is 7.64. The molecule has 0 aliphatic heterocycles. The molecule has 0 aromatic heterocycles. The molecule has 0 amide bonds. The molecule has 5 nitrogen and oxygen atoms in total. The molecular formula is C15H25ClN2O3S. The Bertz CT molecular complexity index is 619. The maximum Gasteiger partial charge on any atom is 0.244 e. The zero-order valence-corrected chi connectivity index (χ0v) is 14.9. The molecule has 1 aliphatic rings. The van der Waals surface area contributed by atoms with Crippen molar-refractivity contribution in [3.63, 3.8) is 0 Å². The molecule has 1 aromatic rings. The molecule has 0 saturated heterocycles. The molecular weight excluding hydrogens is 324 g/mol. The van der Waals surface area contributed by atoms with E-state index in [-0.39, 0.29) is 29.3 Å². The maximum absolute atomic E-state index is 12.7. The van der Waals surface area contributed by atoms with Crippen LogP contribution in [0.3, 0.4) is 0 Å². The highest BCUT2D eigenvalue weighted by atomic mass is 35.5. The summed E-state index contributed by atoms with van der Waals surface area (Å²) in [5.74, 6) is 0.632. The zero-order chi connectivity index (χ0) is 15.6. The summed E-state index contributed by atoms with van der Waals surface area (Å²) >= 11 is 0. The number of hydrogen-bond acceptors (Lipinski definition) is 4. The summed E-state index contributed by atoms with van der Waals surface area (Å²) in [6, 6.07) is 3.49. The van der Waals surface area contributed by atoms with E-state index in [1.165, 1.54) is 7.11 Å². The van der Waals surface area contributed by atoms with Gasteiger partial charge in [0.2, 0.25) is 10.0 Å². The molecule has 7 heteroatoms. The molecule has 0 heterocycles. The average molecular weight is 349 g/mol. The predicted octanol–water partition coefficient (Wildman–Crippen LogP) is 2.14. The van der Waals surface area contributed by atoms with E-state index in [2.05, 4.69) is 4.72 Å². The second-order valence-corrected chi connectivity index (χ2v) is 7.45. The van der Waals surface area contributed by atoms with Crippen LogP contribution in [0.15, 0.2) is 17.0 Å². The fraction of sp³-hybridized carbons (Fsp3) is 0.600. The summed E-state index contributed by atoms with van der Waals surface area (Å²) in [5, 5.41) is 0. The smallest absolute Gasteiger partial charge is 0.244 e. The Hall–Kier alpha value is -0.820. The predicted molar refractivity (Wildman–Crippen MR) is 90.2 cm³/mol. The van der Waals surface area contributed by atoms with Crippen molar-refractivity contribution in [2.24, 2.45) is 11.7 Å². The summed E-state index contributed by atoms with van der Waals surface area (Å²) in [7, 11) is -2.11. The van der Waals surface area contributed by atoms with E-state index in [9.17, 15) is 8.42 Å². The molecule has 2 atom stereocenters. The van der Waals surface area contributed by atoms with Crippen molar-refractivity contribution in [3.05, 3.63) is 23.3 Å². The number of sulfonamides is 1. The largest absolute Gasteiger partial charge is 0.495 e. The highest BCUT2D eigenvalue weighted by Crippen LogP contribution is 2.31. The SMILES string of the molecule is COc1c(C)cc(C)cc1S(=O)(=O)NC1CCCC1CN.Cl. The first-order chi connectivity index (χ1) is 9.89. The monoisotopic (exact) mass is 348 g/mol. The maximum atomic E-state index is 12.7. The second-order valence-electron chi connectivity index (χ2n) is 5.77. The van der Waals surface area contributed by atoms with Crippen LogP contribution in [-0.2, 0) is 10.0 Å². The highest BCUT2D eigenvalue weighted by molar-refractivity contribution is 7.89. The van der Waals surface area contributed by atoms with Gasteiger partial charge in [-0.1, -0.05) is 12.5 Å². The van der Waals surface area contributed by atoms with Gasteiger partial charge in [0, 0.05) is 6.04 Å². The minimum absolute atomic E-state index is 0. The number of hydrogen-bond donors (Lipinski definition) is 2. The third kappa shape index (κ3) is 3.93. The molecule has 3 N–H and O–H groups in total. The number of aryl methyl sites for hydroxylation is 2. The lowest BCUT2D eigenvalue weighted by Gasteiger charge is -2.21. The fourth-order valence-electron chi connectivity index (χ4n) is 3.11. The van der Waals surface area contributed by atoms with Crippen LogP contribution in [0.25, 0.3) is 0 Å². The van der Waals surface area contributed by atoms with Crippen molar-refractivity contribution in [2.45, 2.75) is 44.0 Å². The number of methoxy groups -OCH3 is 1. The molecule has 2 rings (SSSR count). The molecule has 2 unspecified atom stereocenters. The Morgan fingerprint density at radius 2 is 2.00 bits per heavy atom. The number of nitrogens with one attached hydrogen (secondary N) is 1. The topological polar surface area (TPSA) is 81.4 Å². The quantitative estimate of drug-likeness (QED) is 0.854. The molecule has 1 aromatic carbocycles. The van der Waals surface area contributed by atoms with E-state index in [1.54, 1.807) is 6.07 Å². The van der Waals surface area contributed by atoms with Gasteiger partial charge in [0.15, 0.2) is 0 Å². The van der Waals surface area contributed by atoms with Crippen LogP contribution in [0.2, 0.25) is 0 Å². The summed E-state index contributed by atoms with van der Waals surface area (Å²) in [5.41, 5.74) is 7.44. The first kappa shape index (κ1) is 19.2. The van der Waals surface area contributed by atoms with Crippen LogP contribution in [0.1, 0.15) is 30.4 Å². The number of nitrogens with two attached hydrogens (primary N) is 1. The first-order valence-electron chi connectivity index (χ1n) is 7.26. The van der Waals surface area contributed by atoms with Gasteiger partial charge in [0.05, 0.1) is 7.11 Å². The van der Waals surface area contributed by atoms with Crippen LogP contribution < -0.4 is 15.2 Å². The van der Waals surface area contributed by atoms with Crippen LogP contribution in [0.4, 0.5) is 0 Å². The standard InChI is InChI=1S/C15H24N2O3S.ClH/c1-10-7-11(2)15(20-3)14(8-10)21(18,19)17-13-6-4-5-12(13)9-16;/h7-8,12-13,17H,4-6,9,16H2,1-3H3;1H. The number of halogens is 1. The molecule has 0 radical (unpaired) electrons. The van der Waals surface area contributed by atoms with Gasteiger partial charge in [0.25, 0.3) is 0 Å². The van der Waals surface area contributed by atoms with Crippen LogP contribution in [-0.4, -0.2) is 28.1 Å². The minimum Gasteiger partial charge on any atom is -0.495 e. The van der Waals surface area contributed by atoms with Gasteiger partial charge < -0.3 is 10.5 Å².